The van der Waals surface area contributed by atoms with Crippen LogP contribution in [0.15, 0.2) is 53.0 Å². The topological polar surface area (TPSA) is 47.8 Å². The highest BCUT2D eigenvalue weighted by Crippen LogP contribution is 2.21. The van der Waals surface area contributed by atoms with Crippen LogP contribution in [0.4, 0.5) is 0 Å². The van der Waals surface area contributed by atoms with E-state index in [4.69, 9.17) is 0 Å². The first-order valence-corrected chi connectivity index (χ1v) is 7.12. The van der Waals surface area contributed by atoms with Gasteiger partial charge >= 0.3 is 0 Å². The maximum atomic E-state index is 11.9. The second kappa shape index (κ2) is 5.38. The molecule has 0 aliphatic carbocycles. The summed E-state index contributed by atoms with van der Waals surface area (Å²) >= 11 is 1.55. The fraction of sp³-hybridized carbons (Fsp3) is 0.133. The van der Waals surface area contributed by atoms with Gasteiger partial charge in [0, 0.05) is 35.6 Å². The van der Waals surface area contributed by atoms with Crippen LogP contribution in [0.1, 0.15) is 10.6 Å². The normalized spacial score (nSPS) is 10.7. The first-order chi connectivity index (χ1) is 9.72. The molecular weight excluding hydrogens is 270 g/mol. The average molecular weight is 283 g/mol. The molecule has 0 radical (unpaired) electrons. The molecule has 3 rings (SSSR count). The van der Waals surface area contributed by atoms with Gasteiger partial charge < -0.3 is 4.57 Å². The van der Waals surface area contributed by atoms with E-state index in [-0.39, 0.29) is 5.56 Å². The summed E-state index contributed by atoms with van der Waals surface area (Å²) in [5.74, 6) is 0. The van der Waals surface area contributed by atoms with Gasteiger partial charge in [-0.3, -0.25) is 9.78 Å². The van der Waals surface area contributed by atoms with Crippen molar-refractivity contribution < 1.29 is 0 Å². The molecule has 0 amide bonds. The standard InChI is InChI=1S/C15H13N3OS/c1-11-4-6-18(15(19)7-11)9-14-17-13(10-20-14)12-3-2-5-16-8-12/h2-8,10H,9H2,1H3. The fourth-order valence-electron chi connectivity index (χ4n) is 1.91. The molecule has 0 spiro atoms. The van der Waals surface area contributed by atoms with Gasteiger partial charge in [0.2, 0.25) is 0 Å². The summed E-state index contributed by atoms with van der Waals surface area (Å²) in [4.78, 5) is 20.5. The molecule has 0 N–H and O–H groups in total. The van der Waals surface area contributed by atoms with Crippen molar-refractivity contribution in [2.75, 3.05) is 0 Å². The molecule has 4 nitrogen and oxygen atoms in total. The van der Waals surface area contributed by atoms with E-state index in [0.717, 1.165) is 21.8 Å². The van der Waals surface area contributed by atoms with Gasteiger partial charge in [-0.05, 0) is 30.7 Å². The van der Waals surface area contributed by atoms with Crippen LogP contribution in [0.3, 0.4) is 0 Å². The molecule has 3 aromatic heterocycles. The van der Waals surface area contributed by atoms with Crippen LogP contribution in [-0.4, -0.2) is 14.5 Å². The molecule has 3 heterocycles. The summed E-state index contributed by atoms with van der Waals surface area (Å²) in [7, 11) is 0. The molecular formula is C15H13N3OS. The number of nitrogens with zero attached hydrogens (tertiary/aromatic N) is 3. The second-order valence-electron chi connectivity index (χ2n) is 4.54. The van der Waals surface area contributed by atoms with Crippen LogP contribution < -0.4 is 5.56 Å². The van der Waals surface area contributed by atoms with Crippen molar-refractivity contribution in [2.45, 2.75) is 13.5 Å². The molecule has 100 valence electrons. The predicted octanol–water partition coefficient (Wildman–Crippen LogP) is 2.72. The van der Waals surface area contributed by atoms with E-state index in [9.17, 15) is 4.79 Å². The number of thiazole rings is 1. The average Bonchev–Trinajstić information content (AvgIpc) is 2.92. The molecule has 0 bridgehead atoms. The number of aromatic nitrogens is 3. The van der Waals surface area contributed by atoms with Gasteiger partial charge in [-0.1, -0.05) is 0 Å². The smallest absolute Gasteiger partial charge is 0.251 e. The maximum absolute atomic E-state index is 11.9. The zero-order valence-electron chi connectivity index (χ0n) is 11.0. The third-order valence-corrected chi connectivity index (χ3v) is 3.80. The summed E-state index contributed by atoms with van der Waals surface area (Å²) in [6, 6.07) is 7.43. The van der Waals surface area contributed by atoms with Gasteiger partial charge in [-0.15, -0.1) is 11.3 Å². The summed E-state index contributed by atoms with van der Waals surface area (Å²) in [5.41, 5.74) is 2.87. The SMILES string of the molecule is Cc1ccn(Cc2nc(-c3cccnc3)cs2)c(=O)c1. The Morgan fingerprint density at radius 3 is 3.00 bits per heavy atom. The van der Waals surface area contributed by atoms with E-state index in [2.05, 4.69) is 9.97 Å². The highest BCUT2D eigenvalue weighted by molar-refractivity contribution is 7.09. The van der Waals surface area contributed by atoms with Crippen LogP contribution in [0, 0.1) is 6.92 Å². The van der Waals surface area contributed by atoms with Crippen molar-refractivity contribution in [3.05, 3.63) is 69.2 Å². The van der Waals surface area contributed by atoms with E-state index in [1.165, 1.54) is 0 Å². The molecule has 0 saturated heterocycles. The van der Waals surface area contributed by atoms with Gasteiger partial charge in [-0.25, -0.2) is 4.98 Å². The Bertz CT molecular complexity index is 777. The van der Waals surface area contributed by atoms with Gasteiger partial charge in [0.25, 0.3) is 5.56 Å². The quantitative estimate of drug-likeness (QED) is 0.742. The van der Waals surface area contributed by atoms with Crippen molar-refractivity contribution in [2.24, 2.45) is 0 Å². The van der Waals surface area contributed by atoms with E-state index < -0.39 is 0 Å². The third-order valence-electron chi connectivity index (χ3n) is 2.97. The van der Waals surface area contributed by atoms with E-state index in [0.29, 0.717) is 6.54 Å². The van der Waals surface area contributed by atoms with Crippen molar-refractivity contribution in [3.8, 4) is 11.3 Å². The minimum atomic E-state index is 0.00290. The predicted molar refractivity (Wildman–Crippen MR) is 79.9 cm³/mol. The maximum Gasteiger partial charge on any atom is 0.251 e. The minimum Gasteiger partial charge on any atom is -0.309 e. The van der Waals surface area contributed by atoms with Crippen LogP contribution in [-0.2, 0) is 6.54 Å². The lowest BCUT2D eigenvalue weighted by molar-refractivity contribution is 0.752. The number of hydrogen-bond acceptors (Lipinski definition) is 4. The Morgan fingerprint density at radius 2 is 2.25 bits per heavy atom. The number of aryl methyl sites for hydroxylation is 1. The summed E-state index contributed by atoms with van der Waals surface area (Å²) in [5, 5.41) is 2.90. The van der Waals surface area contributed by atoms with Crippen LogP contribution in [0.2, 0.25) is 0 Å². The third kappa shape index (κ3) is 2.67. The van der Waals surface area contributed by atoms with Crippen molar-refractivity contribution in [3.63, 3.8) is 0 Å². The number of rotatable bonds is 3. The highest BCUT2D eigenvalue weighted by atomic mass is 32.1. The lowest BCUT2D eigenvalue weighted by atomic mass is 10.2. The largest absolute Gasteiger partial charge is 0.309 e. The Labute approximate surface area is 120 Å². The second-order valence-corrected chi connectivity index (χ2v) is 5.48. The Morgan fingerprint density at radius 1 is 1.35 bits per heavy atom. The van der Waals surface area contributed by atoms with Gasteiger partial charge in [-0.2, -0.15) is 0 Å². The van der Waals surface area contributed by atoms with Gasteiger partial charge in [0.05, 0.1) is 12.2 Å². The highest BCUT2D eigenvalue weighted by Gasteiger charge is 2.06. The van der Waals surface area contributed by atoms with Gasteiger partial charge in [0.15, 0.2) is 0 Å². The number of hydrogen-bond donors (Lipinski definition) is 0. The molecule has 5 heteroatoms. The molecule has 0 aromatic carbocycles. The molecule has 0 aliphatic heterocycles. The molecule has 0 atom stereocenters. The minimum absolute atomic E-state index is 0.00290. The molecule has 0 saturated carbocycles. The summed E-state index contributed by atoms with van der Waals surface area (Å²) < 4.78 is 1.67. The summed E-state index contributed by atoms with van der Waals surface area (Å²) in [6.07, 6.45) is 5.34. The Hall–Kier alpha value is -2.27. The number of pyridine rings is 2. The van der Waals surface area contributed by atoms with Crippen molar-refractivity contribution in [1.29, 1.82) is 0 Å². The van der Waals surface area contributed by atoms with Crippen molar-refractivity contribution >= 4 is 11.3 Å². The molecule has 20 heavy (non-hydrogen) atoms. The molecule has 3 aromatic rings. The monoisotopic (exact) mass is 283 g/mol. The van der Waals surface area contributed by atoms with E-state index in [1.807, 2.05) is 36.7 Å². The van der Waals surface area contributed by atoms with Crippen LogP contribution in [0.25, 0.3) is 11.3 Å². The van der Waals surface area contributed by atoms with Crippen molar-refractivity contribution in [1.82, 2.24) is 14.5 Å². The lowest BCUT2D eigenvalue weighted by Crippen LogP contribution is -2.19. The zero-order chi connectivity index (χ0) is 13.9. The zero-order valence-corrected chi connectivity index (χ0v) is 11.8. The van der Waals surface area contributed by atoms with Gasteiger partial charge in [0.1, 0.15) is 5.01 Å². The Balaban J connectivity index is 1.86. The first kappa shape index (κ1) is 12.7. The Kier molecular flexibility index (Phi) is 3.43. The summed E-state index contributed by atoms with van der Waals surface area (Å²) in [6.45, 7) is 2.42. The molecule has 0 fully saturated rings. The van der Waals surface area contributed by atoms with Crippen LogP contribution in [0.5, 0.6) is 0 Å². The first-order valence-electron chi connectivity index (χ1n) is 6.24. The molecule has 0 unspecified atom stereocenters. The lowest BCUT2D eigenvalue weighted by Gasteiger charge is -2.02. The van der Waals surface area contributed by atoms with E-state index in [1.54, 1.807) is 34.4 Å². The fourth-order valence-corrected chi connectivity index (χ4v) is 2.71. The molecule has 0 aliphatic rings. The van der Waals surface area contributed by atoms with Crippen LogP contribution >= 0.6 is 11.3 Å². The van der Waals surface area contributed by atoms with E-state index >= 15 is 0 Å².